The lowest BCUT2D eigenvalue weighted by atomic mass is 10.1. The fourth-order valence-corrected chi connectivity index (χ4v) is 2.39. The number of aromatic amines is 1. The minimum atomic E-state index is -1.02. The molecule has 0 spiro atoms. The summed E-state index contributed by atoms with van der Waals surface area (Å²) in [5, 5.41) is 14.1. The van der Waals surface area contributed by atoms with E-state index in [0.29, 0.717) is 0 Å². The maximum atomic E-state index is 11.0. The van der Waals surface area contributed by atoms with Gasteiger partial charge in [-0.2, -0.15) is 5.10 Å². The smallest absolute Gasteiger partial charge is 0.356 e. The summed E-state index contributed by atoms with van der Waals surface area (Å²) in [7, 11) is 1.75. The Kier molecular flexibility index (Phi) is 2.41. The Morgan fingerprint density at radius 3 is 2.89 bits per heavy atom. The summed E-state index contributed by atoms with van der Waals surface area (Å²) in [5.41, 5.74) is 3.99. The molecule has 0 amide bonds. The van der Waals surface area contributed by atoms with Gasteiger partial charge in [-0.1, -0.05) is 12.1 Å². The van der Waals surface area contributed by atoms with Crippen LogP contribution in [-0.2, 0) is 7.05 Å². The second-order valence-corrected chi connectivity index (χ2v) is 4.54. The molecule has 5 heteroatoms. The number of fused-ring (bicyclic) bond motifs is 1. The number of carboxylic acids is 1. The normalized spacial score (nSPS) is 11.1. The average Bonchev–Trinajstić information content (AvgIpc) is 2.93. The number of aromatic nitrogens is 3. The topological polar surface area (TPSA) is 70.9 Å². The number of aromatic carboxylic acids is 1. The summed E-state index contributed by atoms with van der Waals surface area (Å²) in [6, 6.07) is 7.62. The summed E-state index contributed by atoms with van der Waals surface area (Å²) >= 11 is 0. The molecule has 0 saturated carbocycles. The van der Waals surface area contributed by atoms with Crippen LogP contribution >= 0.6 is 0 Å². The summed E-state index contributed by atoms with van der Waals surface area (Å²) < 4.78 is 1.60. The molecule has 5 nitrogen and oxygen atoms in total. The number of carboxylic acid groups (broad SMARTS) is 1. The van der Waals surface area contributed by atoms with Crippen LogP contribution in [0.4, 0.5) is 0 Å². The molecule has 2 aromatic heterocycles. The van der Waals surface area contributed by atoms with Gasteiger partial charge in [-0.05, 0) is 24.6 Å². The van der Waals surface area contributed by atoms with Crippen molar-refractivity contribution in [3.63, 3.8) is 0 Å². The summed E-state index contributed by atoms with van der Waals surface area (Å²) in [6.45, 7) is 2.04. The zero-order chi connectivity index (χ0) is 13.6. The fourth-order valence-electron chi connectivity index (χ4n) is 2.39. The van der Waals surface area contributed by atoms with Crippen LogP contribution in [0.15, 0.2) is 30.5 Å². The first-order chi connectivity index (χ1) is 9.08. The molecule has 0 aliphatic heterocycles. The number of nitrogens with one attached hydrogen (secondary N) is 1. The molecule has 0 atom stereocenters. The molecule has 0 saturated heterocycles. The molecule has 0 radical (unpaired) electrons. The van der Waals surface area contributed by atoms with E-state index in [0.717, 1.165) is 27.7 Å². The predicted octanol–water partition coefficient (Wildman–Crippen LogP) is 2.58. The van der Waals surface area contributed by atoms with Crippen LogP contribution in [0, 0.1) is 6.92 Å². The molecule has 19 heavy (non-hydrogen) atoms. The lowest BCUT2D eigenvalue weighted by molar-refractivity contribution is 0.0689. The highest BCUT2D eigenvalue weighted by molar-refractivity contribution is 5.98. The van der Waals surface area contributed by atoms with Gasteiger partial charge in [0.2, 0.25) is 0 Å². The quantitative estimate of drug-likeness (QED) is 0.739. The summed E-state index contributed by atoms with van der Waals surface area (Å²) in [6.07, 6.45) is 1.89. The van der Waals surface area contributed by atoms with Gasteiger partial charge in [-0.3, -0.25) is 4.68 Å². The van der Waals surface area contributed by atoms with Crippen LogP contribution in [0.25, 0.3) is 22.2 Å². The molecule has 3 rings (SSSR count). The van der Waals surface area contributed by atoms with Crippen LogP contribution < -0.4 is 0 Å². The second kappa shape index (κ2) is 3.98. The number of hydrogen-bond donors (Lipinski definition) is 2. The monoisotopic (exact) mass is 255 g/mol. The molecule has 0 fully saturated rings. The van der Waals surface area contributed by atoms with Crippen molar-refractivity contribution in [1.82, 2.24) is 14.8 Å². The van der Waals surface area contributed by atoms with Crippen molar-refractivity contribution in [1.29, 1.82) is 0 Å². The Balaban J connectivity index is 2.28. The van der Waals surface area contributed by atoms with Gasteiger partial charge in [-0.25, -0.2) is 4.79 Å². The van der Waals surface area contributed by atoms with Crippen molar-refractivity contribution in [3.8, 4) is 11.3 Å². The van der Waals surface area contributed by atoms with Crippen molar-refractivity contribution >= 4 is 16.9 Å². The van der Waals surface area contributed by atoms with Gasteiger partial charge in [0.25, 0.3) is 0 Å². The maximum Gasteiger partial charge on any atom is 0.356 e. The first-order valence-corrected chi connectivity index (χ1v) is 5.92. The van der Waals surface area contributed by atoms with Crippen molar-refractivity contribution in [3.05, 3.63) is 41.7 Å². The van der Waals surface area contributed by atoms with Crippen molar-refractivity contribution in [2.24, 2.45) is 7.05 Å². The van der Waals surface area contributed by atoms with E-state index in [1.54, 1.807) is 17.8 Å². The first-order valence-electron chi connectivity index (χ1n) is 5.92. The molecule has 0 bridgehead atoms. The molecule has 1 aromatic carbocycles. The van der Waals surface area contributed by atoms with E-state index >= 15 is 0 Å². The van der Waals surface area contributed by atoms with Gasteiger partial charge in [0.05, 0.1) is 5.69 Å². The molecule has 0 unspecified atom stereocenters. The van der Waals surface area contributed by atoms with E-state index < -0.39 is 5.97 Å². The zero-order valence-corrected chi connectivity index (χ0v) is 10.6. The standard InChI is InChI=1S/C14H13N3O2/c1-8-4-3-5-10-13(8)9(7-15-10)12-6-11(14(18)19)16-17(12)2/h3-7,15H,1-2H3,(H,18,19). The molecular formula is C14H13N3O2. The van der Waals surface area contributed by atoms with Gasteiger partial charge >= 0.3 is 5.97 Å². The first kappa shape index (κ1) is 11.5. The van der Waals surface area contributed by atoms with Gasteiger partial charge in [0, 0.05) is 29.7 Å². The fraction of sp³-hybridized carbons (Fsp3) is 0.143. The number of benzene rings is 1. The Morgan fingerprint density at radius 2 is 2.21 bits per heavy atom. The van der Waals surface area contributed by atoms with Crippen molar-refractivity contribution < 1.29 is 9.90 Å². The molecule has 0 aliphatic rings. The van der Waals surface area contributed by atoms with E-state index in [1.165, 1.54) is 0 Å². The largest absolute Gasteiger partial charge is 0.476 e. The number of rotatable bonds is 2. The van der Waals surface area contributed by atoms with Crippen LogP contribution in [0.2, 0.25) is 0 Å². The maximum absolute atomic E-state index is 11.0. The lowest BCUT2D eigenvalue weighted by Crippen LogP contribution is -1.99. The van der Waals surface area contributed by atoms with Gasteiger partial charge < -0.3 is 10.1 Å². The Labute approximate surface area is 109 Å². The van der Waals surface area contributed by atoms with Crippen LogP contribution in [0.5, 0.6) is 0 Å². The number of nitrogens with zero attached hydrogens (tertiary/aromatic N) is 2. The third-order valence-corrected chi connectivity index (χ3v) is 3.29. The van der Waals surface area contributed by atoms with E-state index in [4.69, 9.17) is 5.11 Å². The highest BCUT2D eigenvalue weighted by Crippen LogP contribution is 2.31. The molecular weight excluding hydrogens is 242 g/mol. The zero-order valence-electron chi connectivity index (χ0n) is 10.6. The summed E-state index contributed by atoms with van der Waals surface area (Å²) in [5.74, 6) is -1.02. The molecule has 2 N–H and O–H groups in total. The number of aryl methyl sites for hydroxylation is 2. The second-order valence-electron chi connectivity index (χ2n) is 4.54. The Morgan fingerprint density at radius 1 is 1.42 bits per heavy atom. The molecule has 0 aliphatic carbocycles. The summed E-state index contributed by atoms with van der Waals surface area (Å²) in [4.78, 5) is 14.2. The van der Waals surface area contributed by atoms with Gasteiger partial charge in [-0.15, -0.1) is 0 Å². The third kappa shape index (κ3) is 1.71. The third-order valence-electron chi connectivity index (χ3n) is 3.29. The molecule has 3 aromatic rings. The average molecular weight is 255 g/mol. The SMILES string of the molecule is Cc1cccc2[nH]cc(-c3cc(C(=O)O)nn3C)c12. The number of H-pyrrole nitrogens is 1. The number of hydrogen-bond acceptors (Lipinski definition) is 2. The van der Waals surface area contributed by atoms with Crippen molar-refractivity contribution in [2.75, 3.05) is 0 Å². The predicted molar refractivity (Wildman–Crippen MR) is 72.2 cm³/mol. The Bertz CT molecular complexity index is 783. The molecule has 96 valence electrons. The van der Waals surface area contributed by atoms with E-state index in [2.05, 4.69) is 10.1 Å². The lowest BCUT2D eigenvalue weighted by Gasteiger charge is -2.02. The minimum Gasteiger partial charge on any atom is -0.476 e. The van der Waals surface area contributed by atoms with Crippen molar-refractivity contribution in [2.45, 2.75) is 6.92 Å². The van der Waals surface area contributed by atoms with Crippen LogP contribution in [0.3, 0.4) is 0 Å². The van der Waals surface area contributed by atoms with Gasteiger partial charge in [0.15, 0.2) is 5.69 Å². The Hall–Kier alpha value is -2.56. The van der Waals surface area contributed by atoms with Crippen LogP contribution in [-0.4, -0.2) is 25.8 Å². The minimum absolute atomic E-state index is 0.0560. The highest BCUT2D eigenvalue weighted by Gasteiger charge is 2.16. The highest BCUT2D eigenvalue weighted by atomic mass is 16.4. The van der Waals surface area contributed by atoms with E-state index in [-0.39, 0.29) is 5.69 Å². The van der Waals surface area contributed by atoms with Gasteiger partial charge in [0.1, 0.15) is 0 Å². The van der Waals surface area contributed by atoms with Crippen LogP contribution in [0.1, 0.15) is 16.1 Å². The number of carbonyl (C=O) groups is 1. The van der Waals surface area contributed by atoms with E-state index in [9.17, 15) is 4.79 Å². The van der Waals surface area contributed by atoms with E-state index in [1.807, 2.05) is 31.3 Å². The molecule has 2 heterocycles.